The molecule has 1 N–H and O–H groups in total. The van der Waals surface area contributed by atoms with E-state index >= 15 is 0 Å². The average molecular weight is 316 g/mol. The summed E-state index contributed by atoms with van der Waals surface area (Å²) in [6.07, 6.45) is -0.333. The molecule has 1 aliphatic heterocycles. The van der Waals surface area contributed by atoms with Gasteiger partial charge >= 0.3 is 6.09 Å². The third-order valence-electron chi connectivity index (χ3n) is 3.64. The number of anilines is 1. The van der Waals surface area contributed by atoms with E-state index in [1.54, 1.807) is 34.9 Å². The number of piperazine rings is 1. The Morgan fingerprint density at radius 3 is 2.52 bits per heavy atom. The van der Waals surface area contributed by atoms with Crippen molar-refractivity contribution < 1.29 is 14.3 Å². The van der Waals surface area contributed by atoms with Crippen molar-refractivity contribution in [2.75, 3.05) is 44.6 Å². The topological polar surface area (TPSA) is 85.7 Å². The maximum absolute atomic E-state index is 12.2. The summed E-state index contributed by atoms with van der Waals surface area (Å²) < 4.78 is 4.95. The quantitative estimate of drug-likeness (QED) is 0.904. The van der Waals surface area contributed by atoms with Gasteiger partial charge in [0.15, 0.2) is 0 Å². The normalized spacial score (nSPS) is 14.1. The highest BCUT2D eigenvalue weighted by Gasteiger charge is 2.24. The zero-order valence-corrected chi connectivity index (χ0v) is 13.1. The molecule has 1 aliphatic rings. The molecular formula is C16H20N4O3. The molecule has 0 aromatic heterocycles. The lowest BCUT2D eigenvalue weighted by Crippen LogP contribution is -2.51. The predicted molar refractivity (Wildman–Crippen MR) is 84.8 cm³/mol. The molecule has 1 aromatic carbocycles. The number of hydrogen-bond acceptors (Lipinski definition) is 5. The summed E-state index contributed by atoms with van der Waals surface area (Å²) in [4.78, 5) is 27.1. The Morgan fingerprint density at radius 2 is 1.87 bits per heavy atom. The lowest BCUT2D eigenvalue weighted by atomic mass is 10.2. The second-order valence-electron chi connectivity index (χ2n) is 5.08. The maximum atomic E-state index is 12.2. The molecule has 1 saturated heterocycles. The summed E-state index contributed by atoms with van der Waals surface area (Å²) in [5, 5.41) is 12.0. The van der Waals surface area contributed by atoms with E-state index < -0.39 is 0 Å². The van der Waals surface area contributed by atoms with Gasteiger partial charge in [-0.2, -0.15) is 5.26 Å². The molecule has 7 nitrogen and oxygen atoms in total. The molecule has 7 heteroatoms. The van der Waals surface area contributed by atoms with Gasteiger partial charge in [0.1, 0.15) is 6.07 Å². The van der Waals surface area contributed by atoms with E-state index in [0.717, 1.165) is 0 Å². The summed E-state index contributed by atoms with van der Waals surface area (Å²) in [7, 11) is 0. The predicted octanol–water partition coefficient (Wildman–Crippen LogP) is 1.27. The van der Waals surface area contributed by atoms with Gasteiger partial charge < -0.3 is 19.9 Å². The number of carbonyl (C=O) groups is 2. The van der Waals surface area contributed by atoms with Crippen LogP contribution in [0.4, 0.5) is 10.5 Å². The highest BCUT2D eigenvalue weighted by molar-refractivity contribution is 5.81. The first-order chi connectivity index (χ1) is 11.2. The van der Waals surface area contributed by atoms with Gasteiger partial charge in [-0.05, 0) is 19.1 Å². The minimum atomic E-state index is -0.333. The van der Waals surface area contributed by atoms with Crippen molar-refractivity contribution in [3.63, 3.8) is 0 Å². The van der Waals surface area contributed by atoms with Gasteiger partial charge in [0, 0.05) is 26.2 Å². The smallest absolute Gasteiger partial charge is 0.409 e. The van der Waals surface area contributed by atoms with E-state index in [9.17, 15) is 9.59 Å². The van der Waals surface area contributed by atoms with Crippen molar-refractivity contribution in [3.05, 3.63) is 29.8 Å². The minimum Gasteiger partial charge on any atom is -0.450 e. The summed E-state index contributed by atoms with van der Waals surface area (Å²) in [6.45, 7) is 4.15. The Labute approximate surface area is 135 Å². The minimum absolute atomic E-state index is 0.0544. The Balaban J connectivity index is 1.82. The number of benzene rings is 1. The number of carbonyl (C=O) groups excluding carboxylic acids is 2. The molecule has 2 amide bonds. The molecule has 1 heterocycles. The van der Waals surface area contributed by atoms with E-state index in [1.165, 1.54) is 0 Å². The van der Waals surface area contributed by atoms with Crippen LogP contribution in [0.25, 0.3) is 0 Å². The van der Waals surface area contributed by atoms with Gasteiger partial charge in [-0.25, -0.2) is 4.79 Å². The van der Waals surface area contributed by atoms with Crippen LogP contribution >= 0.6 is 0 Å². The third kappa shape index (κ3) is 4.36. The number of hydrogen-bond donors (Lipinski definition) is 1. The number of para-hydroxylation sites is 1. The highest BCUT2D eigenvalue weighted by Crippen LogP contribution is 2.13. The first-order valence-corrected chi connectivity index (χ1v) is 7.58. The molecule has 0 spiro atoms. The fraction of sp³-hybridized carbons (Fsp3) is 0.438. The van der Waals surface area contributed by atoms with E-state index in [1.807, 2.05) is 6.07 Å². The molecule has 0 bridgehead atoms. The molecule has 0 unspecified atom stereocenters. The van der Waals surface area contributed by atoms with Crippen molar-refractivity contribution in [2.45, 2.75) is 6.92 Å². The molecule has 1 fully saturated rings. The van der Waals surface area contributed by atoms with Gasteiger partial charge in [0.2, 0.25) is 5.91 Å². The first-order valence-electron chi connectivity index (χ1n) is 7.58. The van der Waals surface area contributed by atoms with Gasteiger partial charge in [-0.1, -0.05) is 12.1 Å². The molecule has 23 heavy (non-hydrogen) atoms. The second kappa shape index (κ2) is 8.03. The summed E-state index contributed by atoms with van der Waals surface area (Å²) in [5.74, 6) is -0.0544. The number of nitriles is 1. The van der Waals surface area contributed by atoms with E-state index in [2.05, 4.69) is 11.4 Å². The Morgan fingerprint density at radius 1 is 1.22 bits per heavy atom. The SMILES string of the molecule is CCOC(=O)N1CCN(C(=O)CNc2ccccc2C#N)CC1. The maximum Gasteiger partial charge on any atom is 0.409 e. The third-order valence-corrected chi connectivity index (χ3v) is 3.64. The van der Waals surface area contributed by atoms with Gasteiger partial charge in [-0.3, -0.25) is 4.79 Å². The molecule has 2 rings (SSSR count). The zero-order valence-electron chi connectivity index (χ0n) is 13.1. The monoisotopic (exact) mass is 316 g/mol. The van der Waals surface area contributed by atoms with E-state index in [-0.39, 0.29) is 18.5 Å². The largest absolute Gasteiger partial charge is 0.450 e. The van der Waals surface area contributed by atoms with Crippen LogP contribution in [-0.4, -0.2) is 61.1 Å². The molecule has 0 aliphatic carbocycles. The molecule has 1 aromatic rings. The van der Waals surface area contributed by atoms with E-state index in [0.29, 0.717) is 44.0 Å². The lowest BCUT2D eigenvalue weighted by Gasteiger charge is -2.34. The van der Waals surface area contributed by atoms with Crippen LogP contribution in [0.1, 0.15) is 12.5 Å². The number of ether oxygens (including phenoxy) is 1. The van der Waals surface area contributed by atoms with Crippen LogP contribution in [0.2, 0.25) is 0 Å². The first kappa shape index (κ1) is 16.6. The van der Waals surface area contributed by atoms with Crippen LogP contribution in [-0.2, 0) is 9.53 Å². The van der Waals surface area contributed by atoms with Gasteiger partial charge in [-0.15, -0.1) is 0 Å². The molecule has 0 atom stereocenters. The zero-order chi connectivity index (χ0) is 16.7. The van der Waals surface area contributed by atoms with Crippen molar-refractivity contribution in [3.8, 4) is 6.07 Å². The fourth-order valence-corrected chi connectivity index (χ4v) is 2.37. The fourth-order valence-electron chi connectivity index (χ4n) is 2.37. The summed E-state index contributed by atoms with van der Waals surface area (Å²) >= 11 is 0. The second-order valence-corrected chi connectivity index (χ2v) is 5.08. The average Bonchev–Trinajstić information content (AvgIpc) is 2.60. The molecule has 0 saturated carbocycles. The highest BCUT2D eigenvalue weighted by atomic mass is 16.6. The van der Waals surface area contributed by atoms with Crippen molar-refractivity contribution in [1.29, 1.82) is 5.26 Å². The number of nitrogens with zero attached hydrogens (tertiary/aromatic N) is 3. The lowest BCUT2D eigenvalue weighted by molar-refractivity contribution is -0.130. The molecular weight excluding hydrogens is 296 g/mol. The standard InChI is InChI=1S/C16H20N4O3/c1-2-23-16(22)20-9-7-19(8-10-20)15(21)12-18-14-6-4-3-5-13(14)11-17/h3-6,18H,2,7-10,12H2,1H3. The van der Waals surface area contributed by atoms with Crippen LogP contribution in [0.5, 0.6) is 0 Å². The Bertz CT molecular complexity index is 604. The van der Waals surface area contributed by atoms with Crippen LogP contribution in [0.3, 0.4) is 0 Å². The van der Waals surface area contributed by atoms with Crippen molar-refractivity contribution >= 4 is 17.7 Å². The van der Waals surface area contributed by atoms with Crippen LogP contribution < -0.4 is 5.32 Å². The summed E-state index contributed by atoms with van der Waals surface area (Å²) in [5.41, 5.74) is 1.15. The van der Waals surface area contributed by atoms with Gasteiger partial charge in [0.25, 0.3) is 0 Å². The Kier molecular flexibility index (Phi) is 5.80. The number of amides is 2. The van der Waals surface area contributed by atoms with Crippen molar-refractivity contribution in [1.82, 2.24) is 9.80 Å². The van der Waals surface area contributed by atoms with E-state index in [4.69, 9.17) is 10.00 Å². The van der Waals surface area contributed by atoms with Crippen LogP contribution in [0.15, 0.2) is 24.3 Å². The molecule has 0 radical (unpaired) electrons. The van der Waals surface area contributed by atoms with Crippen molar-refractivity contribution in [2.24, 2.45) is 0 Å². The number of rotatable bonds is 4. The summed E-state index contributed by atoms with van der Waals surface area (Å²) in [6, 6.07) is 9.14. The Hall–Kier alpha value is -2.75. The molecule has 122 valence electrons. The van der Waals surface area contributed by atoms with Crippen LogP contribution in [0, 0.1) is 11.3 Å². The van der Waals surface area contributed by atoms with Gasteiger partial charge in [0.05, 0.1) is 24.4 Å². The number of nitrogens with one attached hydrogen (secondary N) is 1.